The molecule has 0 amide bonds. The van der Waals surface area contributed by atoms with Gasteiger partial charge in [-0.25, -0.2) is 4.79 Å². The van der Waals surface area contributed by atoms with E-state index in [4.69, 9.17) is 19.0 Å². The molecule has 0 aromatic carbocycles. The normalized spacial score (nSPS) is 10.2. The van der Waals surface area contributed by atoms with Crippen LogP contribution in [0.2, 0.25) is 0 Å². The number of nitriles is 1. The van der Waals surface area contributed by atoms with E-state index in [2.05, 4.69) is 15.3 Å². The highest BCUT2D eigenvalue weighted by Gasteiger charge is 2.19. The van der Waals surface area contributed by atoms with E-state index in [-0.39, 0.29) is 24.7 Å². The molecule has 0 N–H and O–H groups in total. The standard InChI is InChI=1S/C11H10N4O4/c1-3-17-11(16)10-13-9(19-15-10)4-8-7(5-12)6(2)18-14-8/h3-4H2,1-2H3. The molecule has 0 unspecified atom stereocenters. The number of ether oxygens (including phenoxy) is 1. The number of hydrogen-bond donors (Lipinski definition) is 0. The average molecular weight is 262 g/mol. The lowest BCUT2D eigenvalue weighted by atomic mass is 10.2. The molecule has 2 aromatic rings. The molecular weight excluding hydrogens is 252 g/mol. The van der Waals surface area contributed by atoms with E-state index in [1.54, 1.807) is 13.8 Å². The number of nitrogens with zero attached hydrogens (tertiary/aromatic N) is 4. The van der Waals surface area contributed by atoms with Gasteiger partial charge in [0.2, 0.25) is 5.89 Å². The van der Waals surface area contributed by atoms with E-state index in [0.29, 0.717) is 17.0 Å². The molecule has 0 aliphatic heterocycles. The summed E-state index contributed by atoms with van der Waals surface area (Å²) in [5.41, 5.74) is 0.718. The minimum atomic E-state index is -0.658. The zero-order valence-corrected chi connectivity index (χ0v) is 10.3. The Hall–Kier alpha value is -2.69. The molecule has 2 rings (SSSR count). The van der Waals surface area contributed by atoms with Crippen molar-refractivity contribution in [1.82, 2.24) is 15.3 Å². The first-order valence-corrected chi connectivity index (χ1v) is 5.50. The summed E-state index contributed by atoms with van der Waals surface area (Å²) in [5, 5.41) is 16.2. The summed E-state index contributed by atoms with van der Waals surface area (Å²) in [6.45, 7) is 3.53. The molecule has 8 nitrogen and oxygen atoms in total. The van der Waals surface area contributed by atoms with Crippen LogP contribution >= 0.6 is 0 Å². The van der Waals surface area contributed by atoms with Crippen molar-refractivity contribution in [3.05, 3.63) is 28.7 Å². The summed E-state index contributed by atoms with van der Waals surface area (Å²) in [7, 11) is 0. The Kier molecular flexibility index (Phi) is 3.56. The SMILES string of the molecule is CCOC(=O)c1noc(Cc2noc(C)c2C#N)n1. The van der Waals surface area contributed by atoms with Crippen LogP contribution in [0, 0.1) is 18.3 Å². The quantitative estimate of drug-likeness (QED) is 0.749. The molecule has 2 heterocycles. The highest BCUT2D eigenvalue weighted by atomic mass is 16.5. The molecule has 0 saturated carbocycles. The largest absolute Gasteiger partial charge is 0.460 e. The molecule has 0 bridgehead atoms. The highest BCUT2D eigenvalue weighted by Crippen LogP contribution is 2.15. The van der Waals surface area contributed by atoms with Crippen LogP contribution in [-0.2, 0) is 11.2 Å². The summed E-state index contributed by atoms with van der Waals surface area (Å²) < 4.78 is 14.5. The minimum absolute atomic E-state index is 0.118. The Morgan fingerprint density at radius 3 is 2.89 bits per heavy atom. The van der Waals surface area contributed by atoms with Gasteiger partial charge >= 0.3 is 5.97 Å². The van der Waals surface area contributed by atoms with E-state index in [0.717, 1.165) is 0 Å². The van der Waals surface area contributed by atoms with Crippen LogP contribution in [0.3, 0.4) is 0 Å². The van der Waals surface area contributed by atoms with Crippen molar-refractivity contribution in [3.63, 3.8) is 0 Å². The van der Waals surface area contributed by atoms with Gasteiger partial charge in [0.25, 0.3) is 5.82 Å². The van der Waals surface area contributed by atoms with Crippen molar-refractivity contribution in [1.29, 1.82) is 5.26 Å². The summed E-state index contributed by atoms with van der Waals surface area (Å²) in [6, 6.07) is 1.98. The second-order valence-corrected chi connectivity index (χ2v) is 3.58. The molecule has 0 aliphatic rings. The van der Waals surface area contributed by atoms with Crippen LogP contribution in [0.25, 0.3) is 0 Å². The molecule has 0 aliphatic carbocycles. The lowest BCUT2D eigenvalue weighted by molar-refractivity contribution is 0.0508. The first kappa shape index (κ1) is 12.8. The zero-order chi connectivity index (χ0) is 13.8. The van der Waals surface area contributed by atoms with Gasteiger partial charge in [0.15, 0.2) is 5.76 Å². The number of esters is 1. The fourth-order valence-corrected chi connectivity index (χ4v) is 1.43. The van der Waals surface area contributed by atoms with Gasteiger partial charge in [-0.15, -0.1) is 0 Å². The van der Waals surface area contributed by atoms with Crippen LogP contribution in [0.15, 0.2) is 9.05 Å². The third-order valence-corrected chi connectivity index (χ3v) is 2.29. The van der Waals surface area contributed by atoms with Crippen molar-refractivity contribution < 1.29 is 18.6 Å². The molecule has 0 spiro atoms. The van der Waals surface area contributed by atoms with E-state index < -0.39 is 5.97 Å². The minimum Gasteiger partial charge on any atom is -0.460 e. The number of rotatable bonds is 4. The highest BCUT2D eigenvalue weighted by molar-refractivity contribution is 5.84. The third-order valence-electron chi connectivity index (χ3n) is 2.29. The third kappa shape index (κ3) is 2.60. The average Bonchev–Trinajstić information content (AvgIpc) is 2.98. The number of aromatic nitrogens is 3. The van der Waals surface area contributed by atoms with Crippen LogP contribution in [-0.4, -0.2) is 27.9 Å². The second kappa shape index (κ2) is 5.30. The van der Waals surface area contributed by atoms with Gasteiger partial charge in [0.05, 0.1) is 13.0 Å². The lowest BCUT2D eigenvalue weighted by Crippen LogP contribution is -2.06. The maximum Gasteiger partial charge on any atom is 0.379 e. The van der Waals surface area contributed by atoms with E-state index in [1.807, 2.05) is 6.07 Å². The van der Waals surface area contributed by atoms with Crippen molar-refractivity contribution >= 4 is 5.97 Å². The number of carbonyl (C=O) groups is 1. The molecule has 8 heteroatoms. The first-order chi connectivity index (χ1) is 9.15. The van der Waals surface area contributed by atoms with Gasteiger partial charge in [-0.2, -0.15) is 10.2 Å². The summed E-state index contributed by atoms with van der Waals surface area (Å²) >= 11 is 0. The van der Waals surface area contributed by atoms with Crippen molar-refractivity contribution in [3.8, 4) is 6.07 Å². The Morgan fingerprint density at radius 1 is 1.42 bits per heavy atom. The molecule has 0 radical (unpaired) electrons. The predicted octanol–water partition coefficient (Wildman–Crippen LogP) is 1.01. The zero-order valence-electron chi connectivity index (χ0n) is 10.3. The number of aryl methyl sites for hydroxylation is 1. The smallest absolute Gasteiger partial charge is 0.379 e. The Balaban J connectivity index is 2.16. The van der Waals surface area contributed by atoms with Gasteiger partial charge in [-0.3, -0.25) is 0 Å². The molecule has 0 atom stereocenters. The monoisotopic (exact) mass is 262 g/mol. The van der Waals surface area contributed by atoms with Crippen LogP contribution in [0.4, 0.5) is 0 Å². The van der Waals surface area contributed by atoms with Gasteiger partial charge in [0.1, 0.15) is 17.3 Å². The Morgan fingerprint density at radius 2 is 2.21 bits per heavy atom. The maximum absolute atomic E-state index is 11.3. The van der Waals surface area contributed by atoms with E-state index >= 15 is 0 Å². The van der Waals surface area contributed by atoms with Crippen LogP contribution in [0.1, 0.15) is 40.5 Å². The summed E-state index contributed by atoms with van der Waals surface area (Å²) in [5.74, 6) is -0.236. The molecule has 98 valence electrons. The molecule has 0 fully saturated rings. The van der Waals surface area contributed by atoms with Gasteiger partial charge in [-0.1, -0.05) is 5.16 Å². The molecule has 0 saturated heterocycles. The first-order valence-electron chi connectivity index (χ1n) is 5.50. The second-order valence-electron chi connectivity index (χ2n) is 3.58. The van der Waals surface area contributed by atoms with Crippen molar-refractivity contribution in [2.24, 2.45) is 0 Å². The fraction of sp³-hybridized carbons (Fsp3) is 0.364. The van der Waals surface area contributed by atoms with Gasteiger partial charge in [0, 0.05) is 0 Å². The number of hydrogen-bond acceptors (Lipinski definition) is 8. The molecular formula is C11H10N4O4. The van der Waals surface area contributed by atoms with Crippen LogP contribution < -0.4 is 0 Å². The summed E-state index contributed by atoms with van der Waals surface area (Å²) in [6.07, 6.45) is 0.118. The molecule has 2 aromatic heterocycles. The van der Waals surface area contributed by atoms with E-state index in [1.165, 1.54) is 0 Å². The van der Waals surface area contributed by atoms with Crippen LogP contribution in [0.5, 0.6) is 0 Å². The topological polar surface area (TPSA) is 115 Å². The van der Waals surface area contributed by atoms with Crippen molar-refractivity contribution in [2.45, 2.75) is 20.3 Å². The predicted molar refractivity (Wildman–Crippen MR) is 59.0 cm³/mol. The maximum atomic E-state index is 11.3. The van der Waals surface area contributed by atoms with Gasteiger partial charge in [-0.05, 0) is 19.0 Å². The van der Waals surface area contributed by atoms with Gasteiger partial charge < -0.3 is 13.8 Å². The van der Waals surface area contributed by atoms with Crippen molar-refractivity contribution in [2.75, 3.05) is 6.61 Å². The Bertz CT molecular complexity index is 637. The lowest BCUT2D eigenvalue weighted by Gasteiger charge is -1.93. The fourth-order valence-electron chi connectivity index (χ4n) is 1.43. The number of carbonyl (C=O) groups excluding carboxylic acids is 1. The summed E-state index contributed by atoms with van der Waals surface area (Å²) in [4.78, 5) is 15.2. The Labute approximate surface area is 107 Å². The molecule has 19 heavy (non-hydrogen) atoms. The van der Waals surface area contributed by atoms with E-state index in [9.17, 15) is 4.79 Å².